The predicted molar refractivity (Wildman–Crippen MR) is 149 cm³/mol. The summed E-state index contributed by atoms with van der Waals surface area (Å²) in [5, 5.41) is 11.9. The summed E-state index contributed by atoms with van der Waals surface area (Å²) in [6, 6.07) is 13.7. The summed E-state index contributed by atoms with van der Waals surface area (Å²) in [5.41, 5.74) is 5.90. The van der Waals surface area contributed by atoms with Crippen molar-refractivity contribution in [2.75, 3.05) is 11.9 Å². The predicted octanol–water partition coefficient (Wildman–Crippen LogP) is 6.61. The Morgan fingerprint density at radius 1 is 1.08 bits per heavy atom. The number of anilines is 1. The largest absolute Gasteiger partial charge is 0.365 e. The molecule has 38 heavy (non-hydrogen) atoms. The van der Waals surface area contributed by atoms with E-state index in [2.05, 4.69) is 47.3 Å². The van der Waals surface area contributed by atoms with Crippen molar-refractivity contribution in [1.29, 1.82) is 0 Å². The molecule has 1 amide bonds. The number of aromatic nitrogens is 3. The van der Waals surface area contributed by atoms with Crippen molar-refractivity contribution in [1.82, 2.24) is 20.1 Å². The molecule has 7 heteroatoms. The third kappa shape index (κ3) is 4.55. The summed E-state index contributed by atoms with van der Waals surface area (Å²) in [4.78, 5) is 19.4. The molecule has 1 fully saturated rings. The van der Waals surface area contributed by atoms with Crippen LogP contribution in [0.5, 0.6) is 0 Å². The smallest absolute Gasteiger partial charge is 0.254 e. The van der Waals surface area contributed by atoms with Crippen molar-refractivity contribution in [2.24, 2.45) is 0 Å². The molecule has 2 aromatic carbocycles. The number of rotatable bonds is 5. The minimum absolute atomic E-state index is 0.0320. The van der Waals surface area contributed by atoms with E-state index in [1.165, 1.54) is 18.4 Å². The summed E-state index contributed by atoms with van der Waals surface area (Å²) in [6.45, 7) is 7.35. The lowest BCUT2D eigenvalue weighted by atomic mass is 9.84. The monoisotopic (exact) mass is 511 g/mol. The van der Waals surface area contributed by atoms with Gasteiger partial charge in [-0.05, 0) is 65.1 Å². The fraction of sp³-hybridized carbons (Fsp3) is 0.387. The standard InChI is InChI=1S/C31H34FN5O/c1-31(2,3)22-10-11-25-20(16-22)13-15-37(30(25)38)18-21-9-8-19(17-26(21)32)24-12-14-33-28-27(24)29(36-35-28)34-23-6-4-5-7-23/h8-12,14,16-17,23H,4-7,13,15,18H2,1-3H3,(H2,33,34,35,36). The molecular weight excluding hydrogens is 477 g/mol. The van der Waals surface area contributed by atoms with E-state index in [0.717, 1.165) is 52.7 Å². The molecule has 6 rings (SSSR count). The van der Waals surface area contributed by atoms with Crippen molar-refractivity contribution < 1.29 is 9.18 Å². The summed E-state index contributed by atoms with van der Waals surface area (Å²) < 4.78 is 15.5. The number of nitrogens with one attached hydrogen (secondary N) is 2. The maximum atomic E-state index is 15.5. The molecule has 196 valence electrons. The second-order valence-electron chi connectivity index (χ2n) is 11.7. The van der Waals surface area contributed by atoms with Crippen LogP contribution in [0.3, 0.4) is 0 Å². The zero-order valence-electron chi connectivity index (χ0n) is 22.3. The van der Waals surface area contributed by atoms with Gasteiger partial charge in [-0.2, -0.15) is 5.10 Å². The number of fused-ring (bicyclic) bond motifs is 2. The highest BCUT2D eigenvalue weighted by Gasteiger charge is 2.27. The highest BCUT2D eigenvalue weighted by atomic mass is 19.1. The van der Waals surface area contributed by atoms with E-state index < -0.39 is 0 Å². The van der Waals surface area contributed by atoms with Crippen LogP contribution in [0.1, 0.15) is 73.5 Å². The highest BCUT2D eigenvalue weighted by Crippen LogP contribution is 2.34. The van der Waals surface area contributed by atoms with Gasteiger partial charge in [0.25, 0.3) is 5.91 Å². The van der Waals surface area contributed by atoms with Gasteiger partial charge in [0, 0.05) is 36.5 Å². The van der Waals surface area contributed by atoms with E-state index in [1.807, 2.05) is 24.3 Å². The number of amides is 1. The van der Waals surface area contributed by atoms with Gasteiger partial charge in [-0.1, -0.05) is 57.9 Å². The van der Waals surface area contributed by atoms with Crippen LogP contribution in [-0.4, -0.2) is 38.6 Å². The first-order valence-electron chi connectivity index (χ1n) is 13.6. The molecule has 6 nitrogen and oxygen atoms in total. The quantitative estimate of drug-likeness (QED) is 0.316. The summed E-state index contributed by atoms with van der Waals surface area (Å²) in [6.07, 6.45) is 7.20. The number of aromatic amines is 1. The molecule has 0 radical (unpaired) electrons. The summed E-state index contributed by atoms with van der Waals surface area (Å²) in [5.74, 6) is 0.418. The molecule has 3 heterocycles. The van der Waals surface area contributed by atoms with E-state index in [0.29, 0.717) is 23.8 Å². The zero-order chi connectivity index (χ0) is 26.4. The van der Waals surface area contributed by atoms with Gasteiger partial charge in [-0.15, -0.1) is 0 Å². The lowest BCUT2D eigenvalue weighted by Gasteiger charge is -2.30. The number of carbonyl (C=O) groups excluding carboxylic acids is 1. The third-order valence-corrected chi connectivity index (χ3v) is 8.02. The van der Waals surface area contributed by atoms with Crippen molar-refractivity contribution in [3.05, 3.63) is 76.7 Å². The van der Waals surface area contributed by atoms with Crippen molar-refractivity contribution in [2.45, 2.75) is 70.9 Å². The maximum Gasteiger partial charge on any atom is 0.254 e. The summed E-state index contributed by atoms with van der Waals surface area (Å²) >= 11 is 0. The third-order valence-electron chi connectivity index (χ3n) is 8.02. The Morgan fingerprint density at radius 2 is 1.89 bits per heavy atom. The first-order valence-corrected chi connectivity index (χ1v) is 13.6. The van der Waals surface area contributed by atoms with Crippen LogP contribution in [0.4, 0.5) is 10.2 Å². The van der Waals surface area contributed by atoms with Crippen LogP contribution in [-0.2, 0) is 18.4 Å². The van der Waals surface area contributed by atoms with Crippen molar-refractivity contribution in [3.8, 4) is 11.1 Å². The summed E-state index contributed by atoms with van der Waals surface area (Å²) in [7, 11) is 0. The average Bonchev–Trinajstić information content (AvgIpc) is 3.56. The SMILES string of the molecule is CC(C)(C)c1ccc2c(c1)CCN(Cc1ccc(-c3ccnc4[nH]nc(NC5CCCC5)c34)cc1F)C2=O. The Balaban J connectivity index is 1.25. The molecule has 0 atom stereocenters. The molecule has 2 N–H and O–H groups in total. The van der Waals surface area contributed by atoms with Crippen LogP contribution in [0.25, 0.3) is 22.2 Å². The first-order chi connectivity index (χ1) is 18.3. The molecule has 1 aliphatic heterocycles. The van der Waals surface area contributed by atoms with Gasteiger partial charge in [0.2, 0.25) is 0 Å². The number of H-pyrrole nitrogens is 1. The maximum absolute atomic E-state index is 15.5. The van der Waals surface area contributed by atoms with Gasteiger partial charge in [-0.3, -0.25) is 9.89 Å². The van der Waals surface area contributed by atoms with Crippen molar-refractivity contribution >= 4 is 22.8 Å². The Kier molecular flexibility index (Phi) is 6.17. The molecule has 2 aliphatic rings. The number of hydrogen-bond donors (Lipinski definition) is 2. The number of hydrogen-bond acceptors (Lipinski definition) is 4. The van der Waals surface area contributed by atoms with Gasteiger partial charge in [0.05, 0.1) is 5.39 Å². The topological polar surface area (TPSA) is 73.9 Å². The van der Waals surface area contributed by atoms with E-state index in [1.54, 1.807) is 23.2 Å². The van der Waals surface area contributed by atoms with Gasteiger partial charge < -0.3 is 10.2 Å². The van der Waals surface area contributed by atoms with Crippen molar-refractivity contribution in [3.63, 3.8) is 0 Å². The average molecular weight is 512 g/mol. The van der Waals surface area contributed by atoms with Crippen LogP contribution >= 0.6 is 0 Å². The normalized spacial score (nSPS) is 16.3. The van der Waals surface area contributed by atoms with E-state index in [4.69, 9.17) is 0 Å². The van der Waals surface area contributed by atoms with Gasteiger partial charge in [0.15, 0.2) is 11.5 Å². The Bertz CT molecular complexity index is 1510. The molecule has 0 bridgehead atoms. The second-order valence-corrected chi connectivity index (χ2v) is 11.7. The molecule has 1 saturated carbocycles. The van der Waals surface area contributed by atoms with Gasteiger partial charge >= 0.3 is 0 Å². The number of pyridine rings is 1. The Labute approximate surface area is 222 Å². The number of nitrogens with zero attached hydrogens (tertiary/aromatic N) is 3. The fourth-order valence-corrected chi connectivity index (χ4v) is 5.76. The number of halogens is 1. The lowest BCUT2D eigenvalue weighted by molar-refractivity contribution is 0.0725. The highest BCUT2D eigenvalue weighted by molar-refractivity contribution is 6.00. The molecule has 0 spiro atoms. The molecule has 2 aromatic heterocycles. The molecule has 1 aliphatic carbocycles. The Morgan fingerprint density at radius 3 is 2.66 bits per heavy atom. The van der Waals surface area contributed by atoms with Crippen LogP contribution in [0.2, 0.25) is 0 Å². The fourth-order valence-electron chi connectivity index (χ4n) is 5.76. The minimum Gasteiger partial charge on any atom is -0.365 e. The molecule has 4 aromatic rings. The zero-order valence-corrected chi connectivity index (χ0v) is 22.3. The number of carbonyl (C=O) groups is 1. The second kappa shape index (κ2) is 9.53. The molecular formula is C31H34FN5O. The Hall–Kier alpha value is -3.74. The van der Waals surface area contributed by atoms with Crippen LogP contribution in [0.15, 0.2) is 48.7 Å². The van der Waals surface area contributed by atoms with E-state index in [-0.39, 0.29) is 23.7 Å². The number of benzene rings is 2. The van der Waals surface area contributed by atoms with Crippen LogP contribution < -0.4 is 5.32 Å². The lowest BCUT2D eigenvalue weighted by Crippen LogP contribution is -2.37. The van der Waals surface area contributed by atoms with Gasteiger partial charge in [0.1, 0.15) is 5.82 Å². The van der Waals surface area contributed by atoms with E-state index >= 15 is 4.39 Å². The van der Waals surface area contributed by atoms with Gasteiger partial charge in [-0.25, -0.2) is 9.37 Å². The minimum atomic E-state index is -0.317. The van der Waals surface area contributed by atoms with Crippen LogP contribution in [0, 0.1) is 5.82 Å². The first kappa shape index (κ1) is 24.6. The van der Waals surface area contributed by atoms with E-state index in [9.17, 15) is 4.79 Å². The molecule has 0 unspecified atom stereocenters. The molecule has 0 saturated heterocycles.